The first-order chi connectivity index (χ1) is 15.9. The van der Waals surface area contributed by atoms with Gasteiger partial charge in [-0.3, -0.25) is 14.4 Å². The van der Waals surface area contributed by atoms with Crippen molar-refractivity contribution in [3.05, 3.63) is 53.6 Å². The third kappa shape index (κ3) is 5.10. The van der Waals surface area contributed by atoms with Crippen LogP contribution in [0, 0.1) is 11.8 Å². The van der Waals surface area contributed by atoms with Crippen LogP contribution in [0.1, 0.15) is 34.1 Å². The van der Waals surface area contributed by atoms with E-state index in [1.54, 1.807) is 66.5 Å². The minimum atomic E-state index is -0.127. The van der Waals surface area contributed by atoms with Crippen LogP contribution in [0.5, 0.6) is 11.5 Å². The Morgan fingerprint density at radius 1 is 0.848 bits per heavy atom. The highest BCUT2D eigenvalue weighted by Crippen LogP contribution is 2.38. The predicted molar refractivity (Wildman–Crippen MR) is 124 cm³/mol. The lowest BCUT2D eigenvalue weighted by atomic mass is 10.1. The Morgan fingerprint density at radius 2 is 1.39 bits per heavy atom. The van der Waals surface area contributed by atoms with Gasteiger partial charge in [0, 0.05) is 55.0 Å². The van der Waals surface area contributed by atoms with Crippen molar-refractivity contribution in [3.63, 3.8) is 0 Å². The fraction of sp³-hybridized carbons (Fsp3) is 0.400. The van der Waals surface area contributed by atoms with Gasteiger partial charge in [-0.15, -0.1) is 0 Å². The Kier molecular flexibility index (Phi) is 6.53. The van der Waals surface area contributed by atoms with Crippen molar-refractivity contribution >= 4 is 23.4 Å². The summed E-state index contributed by atoms with van der Waals surface area (Å²) in [6, 6.07) is 12.1. The zero-order chi connectivity index (χ0) is 23.5. The molecular weight excluding hydrogens is 422 g/mol. The van der Waals surface area contributed by atoms with E-state index in [2.05, 4.69) is 12.2 Å². The maximum atomic E-state index is 13.0. The van der Waals surface area contributed by atoms with Gasteiger partial charge in [0.15, 0.2) is 0 Å². The first-order valence-electron chi connectivity index (χ1n) is 11.1. The van der Waals surface area contributed by atoms with Crippen LogP contribution in [0.15, 0.2) is 42.5 Å². The van der Waals surface area contributed by atoms with Gasteiger partial charge in [-0.2, -0.15) is 0 Å². The Balaban J connectivity index is 1.37. The van der Waals surface area contributed by atoms with Crippen molar-refractivity contribution in [2.45, 2.75) is 13.3 Å². The molecule has 1 saturated heterocycles. The molecule has 33 heavy (non-hydrogen) atoms. The van der Waals surface area contributed by atoms with E-state index in [0.29, 0.717) is 60.4 Å². The van der Waals surface area contributed by atoms with E-state index in [4.69, 9.17) is 9.47 Å². The monoisotopic (exact) mass is 451 g/mol. The summed E-state index contributed by atoms with van der Waals surface area (Å²) in [4.78, 5) is 41.7. The van der Waals surface area contributed by atoms with Crippen LogP contribution in [0.4, 0.5) is 5.69 Å². The quantitative estimate of drug-likeness (QED) is 0.730. The largest absolute Gasteiger partial charge is 0.497 e. The molecule has 4 rings (SSSR count). The van der Waals surface area contributed by atoms with Crippen LogP contribution in [-0.4, -0.2) is 67.9 Å². The second-order valence-electron chi connectivity index (χ2n) is 8.58. The second kappa shape index (κ2) is 9.52. The van der Waals surface area contributed by atoms with Crippen molar-refractivity contribution in [1.82, 2.24) is 9.80 Å². The van der Waals surface area contributed by atoms with Crippen molar-refractivity contribution in [1.29, 1.82) is 0 Å². The van der Waals surface area contributed by atoms with Gasteiger partial charge in [0.1, 0.15) is 11.5 Å². The van der Waals surface area contributed by atoms with E-state index in [-0.39, 0.29) is 23.6 Å². The minimum absolute atomic E-state index is 0.00778. The lowest BCUT2D eigenvalue weighted by Crippen LogP contribution is -2.50. The molecule has 0 bridgehead atoms. The molecular formula is C25H29N3O5. The van der Waals surface area contributed by atoms with Crippen LogP contribution in [-0.2, 0) is 4.79 Å². The Morgan fingerprint density at radius 3 is 1.91 bits per heavy atom. The molecule has 3 amide bonds. The summed E-state index contributed by atoms with van der Waals surface area (Å²) >= 11 is 0. The SMILES string of the molecule is COc1cc(OC)cc(C(=O)N2CCN(C(=O)c3cccc(NC(=O)C4CC4C)c3)CC2)c1. The van der Waals surface area contributed by atoms with E-state index in [0.717, 1.165) is 6.42 Å². The number of carbonyl (C=O) groups is 3. The van der Waals surface area contributed by atoms with Crippen LogP contribution in [0.2, 0.25) is 0 Å². The number of rotatable bonds is 6. The lowest BCUT2D eigenvalue weighted by Gasteiger charge is -2.35. The number of nitrogens with one attached hydrogen (secondary N) is 1. The number of carbonyl (C=O) groups excluding carboxylic acids is 3. The van der Waals surface area contributed by atoms with E-state index in [1.807, 2.05) is 0 Å². The summed E-state index contributed by atoms with van der Waals surface area (Å²) in [7, 11) is 3.08. The molecule has 1 heterocycles. The number of nitrogens with zero attached hydrogens (tertiary/aromatic N) is 2. The molecule has 2 atom stereocenters. The maximum absolute atomic E-state index is 13.0. The zero-order valence-electron chi connectivity index (χ0n) is 19.2. The highest BCUT2D eigenvalue weighted by atomic mass is 16.5. The molecule has 174 valence electrons. The molecule has 1 aliphatic heterocycles. The Bertz CT molecular complexity index is 1040. The number of hydrogen-bond donors (Lipinski definition) is 1. The normalized spacial score (nSPS) is 19.6. The van der Waals surface area contributed by atoms with Crippen molar-refractivity contribution < 1.29 is 23.9 Å². The zero-order valence-corrected chi connectivity index (χ0v) is 19.2. The highest BCUT2D eigenvalue weighted by molar-refractivity contribution is 5.99. The van der Waals surface area contributed by atoms with Gasteiger partial charge >= 0.3 is 0 Å². The van der Waals surface area contributed by atoms with Gasteiger partial charge in [-0.05, 0) is 42.7 Å². The summed E-state index contributed by atoms with van der Waals surface area (Å²) in [5.74, 6) is 1.36. The molecule has 2 aliphatic rings. The second-order valence-corrected chi connectivity index (χ2v) is 8.58. The van der Waals surface area contributed by atoms with Crippen LogP contribution >= 0.6 is 0 Å². The van der Waals surface area contributed by atoms with Gasteiger partial charge in [0.05, 0.1) is 14.2 Å². The maximum Gasteiger partial charge on any atom is 0.254 e. The van der Waals surface area contributed by atoms with E-state index in [1.165, 1.54) is 0 Å². The topological polar surface area (TPSA) is 88.2 Å². The van der Waals surface area contributed by atoms with Gasteiger partial charge in [-0.25, -0.2) is 0 Å². The number of anilines is 1. The van der Waals surface area contributed by atoms with Crippen LogP contribution in [0.25, 0.3) is 0 Å². The molecule has 2 aromatic rings. The number of benzene rings is 2. The summed E-state index contributed by atoms with van der Waals surface area (Å²) in [5.41, 5.74) is 1.64. The third-order valence-corrected chi connectivity index (χ3v) is 6.28. The number of piperazine rings is 1. The molecule has 8 heteroatoms. The number of hydrogen-bond acceptors (Lipinski definition) is 5. The van der Waals surface area contributed by atoms with E-state index < -0.39 is 0 Å². The van der Waals surface area contributed by atoms with Gasteiger partial charge in [0.25, 0.3) is 11.8 Å². The van der Waals surface area contributed by atoms with Gasteiger partial charge < -0.3 is 24.6 Å². The fourth-order valence-electron chi connectivity index (χ4n) is 4.06. The summed E-state index contributed by atoms with van der Waals surface area (Å²) in [5, 5.41) is 2.91. The number of amides is 3. The molecule has 1 saturated carbocycles. The molecule has 0 aromatic heterocycles. The summed E-state index contributed by atoms with van der Waals surface area (Å²) in [6.07, 6.45) is 0.913. The average Bonchev–Trinajstić information content (AvgIpc) is 3.59. The molecule has 2 fully saturated rings. The first-order valence-corrected chi connectivity index (χ1v) is 11.1. The fourth-order valence-corrected chi connectivity index (χ4v) is 4.06. The minimum Gasteiger partial charge on any atom is -0.497 e. The Labute approximate surface area is 193 Å². The molecule has 2 aromatic carbocycles. The predicted octanol–water partition coefficient (Wildman–Crippen LogP) is 2.90. The molecule has 2 unspecified atom stereocenters. The molecule has 0 spiro atoms. The standard InChI is InChI=1S/C25H29N3O5/c1-16-11-22(16)23(29)26-19-6-4-5-17(12-19)24(30)27-7-9-28(10-8-27)25(31)18-13-20(32-2)15-21(14-18)33-3/h4-6,12-16,22H,7-11H2,1-3H3,(H,26,29). The number of methoxy groups -OCH3 is 2. The van der Waals surface area contributed by atoms with Crippen molar-refractivity contribution in [3.8, 4) is 11.5 Å². The average molecular weight is 452 g/mol. The first kappa shape index (κ1) is 22.6. The van der Waals surface area contributed by atoms with Gasteiger partial charge in [-0.1, -0.05) is 13.0 Å². The molecule has 1 N–H and O–H groups in total. The van der Waals surface area contributed by atoms with Crippen LogP contribution in [0.3, 0.4) is 0 Å². The molecule has 1 aliphatic carbocycles. The highest BCUT2D eigenvalue weighted by Gasteiger charge is 2.39. The Hall–Kier alpha value is -3.55. The summed E-state index contributed by atoms with van der Waals surface area (Å²) in [6.45, 7) is 3.78. The van der Waals surface area contributed by atoms with E-state index in [9.17, 15) is 14.4 Å². The van der Waals surface area contributed by atoms with Crippen LogP contribution < -0.4 is 14.8 Å². The third-order valence-electron chi connectivity index (χ3n) is 6.28. The summed E-state index contributed by atoms with van der Waals surface area (Å²) < 4.78 is 10.5. The molecule has 0 radical (unpaired) electrons. The number of ether oxygens (including phenoxy) is 2. The smallest absolute Gasteiger partial charge is 0.254 e. The van der Waals surface area contributed by atoms with Crippen molar-refractivity contribution in [2.24, 2.45) is 11.8 Å². The molecule has 8 nitrogen and oxygen atoms in total. The van der Waals surface area contributed by atoms with Gasteiger partial charge in [0.2, 0.25) is 5.91 Å². The van der Waals surface area contributed by atoms with E-state index >= 15 is 0 Å². The lowest BCUT2D eigenvalue weighted by molar-refractivity contribution is -0.117. The van der Waals surface area contributed by atoms with Crippen molar-refractivity contribution in [2.75, 3.05) is 45.7 Å².